The van der Waals surface area contributed by atoms with E-state index in [1.165, 1.54) is 26.2 Å². The van der Waals surface area contributed by atoms with Gasteiger partial charge in [-0.3, -0.25) is 14.5 Å². The Morgan fingerprint density at radius 1 is 1.13 bits per heavy atom. The van der Waals surface area contributed by atoms with Crippen molar-refractivity contribution in [3.63, 3.8) is 0 Å². The zero-order valence-corrected chi connectivity index (χ0v) is 18.9. The number of β-lactam (4-membered cyclic amide) rings is 1. The molecule has 1 aromatic carbocycles. The average Bonchev–Trinajstić information content (AvgIpc) is 2.65. The number of hydrogen-bond donors (Lipinski definition) is 0. The smallest absolute Gasteiger partial charge is 0.339 e. The van der Waals surface area contributed by atoms with E-state index in [0.717, 1.165) is 16.7 Å². The van der Waals surface area contributed by atoms with Crippen LogP contribution in [-0.4, -0.2) is 59.1 Å². The summed E-state index contributed by atoms with van der Waals surface area (Å²) in [5.41, 5.74) is -1.59. The minimum atomic E-state index is -4.20. The van der Waals surface area contributed by atoms with Gasteiger partial charge >= 0.3 is 5.97 Å². The topological polar surface area (TPSA) is 107 Å². The van der Waals surface area contributed by atoms with Crippen molar-refractivity contribution in [2.24, 2.45) is 0 Å². The van der Waals surface area contributed by atoms with Gasteiger partial charge in [0.15, 0.2) is 11.5 Å². The Hall–Kier alpha value is -2.17. The van der Waals surface area contributed by atoms with Crippen LogP contribution in [0, 0.1) is 0 Å². The number of carbonyl (C=O) groups excluding carboxylic acids is 3. The zero-order valence-electron chi connectivity index (χ0n) is 17.2. The third kappa shape index (κ3) is 3.79. The molecular formula is C20H23NO7S2. The van der Waals surface area contributed by atoms with Gasteiger partial charge < -0.3 is 9.47 Å². The van der Waals surface area contributed by atoms with Gasteiger partial charge in [-0.2, -0.15) is 0 Å². The minimum absolute atomic E-state index is 0.000171. The van der Waals surface area contributed by atoms with E-state index in [1.807, 2.05) is 20.8 Å². The lowest BCUT2D eigenvalue weighted by molar-refractivity contribution is -0.160. The highest BCUT2D eigenvalue weighted by Crippen LogP contribution is 2.44. The van der Waals surface area contributed by atoms with E-state index in [9.17, 15) is 22.8 Å². The van der Waals surface area contributed by atoms with Crippen molar-refractivity contribution in [1.29, 1.82) is 0 Å². The van der Waals surface area contributed by atoms with Crippen molar-refractivity contribution in [2.75, 3.05) is 7.11 Å². The third-order valence-electron chi connectivity index (χ3n) is 4.67. The number of nitrogens with zero attached hydrogens (tertiary/aromatic N) is 1. The largest absolute Gasteiger partial charge is 0.438 e. The summed E-state index contributed by atoms with van der Waals surface area (Å²) in [6.07, 6.45) is -1.26. The molecule has 162 valence electrons. The van der Waals surface area contributed by atoms with Gasteiger partial charge in [-0.1, -0.05) is 50.7 Å². The van der Waals surface area contributed by atoms with Crippen LogP contribution in [0.25, 0.3) is 0 Å². The highest BCUT2D eigenvalue weighted by atomic mass is 32.2. The number of amides is 1. The lowest BCUT2D eigenvalue weighted by atomic mass is 10.1. The summed E-state index contributed by atoms with van der Waals surface area (Å²) in [5.74, 6) is -1.46. The number of ether oxygens (including phenoxy) is 2. The molecule has 8 nitrogen and oxygen atoms in total. The Bertz CT molecular complexity index is 1020. The fraction of sp³-hybridized carbons (Fsp3) is 0.450. The molecular weight excluding hydrogens is 430 g/mol. The zero-order chi connectivity index (χ0) is 22.4. The van der Waals surface area contributed by atoms with Crippen LogP contribution in [0.15, 0.2) is 41.6 Å². The second kappa shape index (κ2) is 7.82. The van der Waals surface area contributed by atoms with Crippen molar-refractivity contribution in [3.05, 3.63) is 47.2 Å². The van der Waals surface area contributed by atoms with Gasteiger partial charge in [0.25, 0.3) is 5.91 Å². The molecule has 0 aromatic heterocycles. The molecule has 3 atom stereocenters. The predicted molar refractivity (Wildman–Crippen MR) is 111 cm³/mol. The Balaban J connectivity index is 2.07. The number of sulfone groups is 1. The molecule has 2 aliphatic rings. The lowest BCUT2D eigenvalue weighted by Crippen LogP contribution is -2.72. The number of thioether (sulfide) groups is 1. The summed E-state index contributed by atoms with van der Waals surface area (Å²) < 4.78 is 36.4. The van der Waals surface area contributed by atoms with E-state index in [-0.39, 0.29) is 16.8 Å². The molecule has 30 heavy (non-hydrogen) atoms. The number of carbonyl (C=O) groups is 3. The maximum absolute atomic E-state index is 13.2. The Kier molecular flexibility index (Phi) is 5.87. The van der Waals surface area contributed by atoms with Crippen LogP contribution in [0.5, 0.6) is 0 Å². The average molecular weight is 454 g/mol. The quantitative estimate of drug-likeness (QED) is 0.504. The molecule has 0 aliphatic carbocycles. The van der Waals surface area contributed by atoms with Crippen molar-refractivity contribution < 1.29 is 32.3 Å². The first-order valence-corrected chi connectivity index (χ1v) is 11.6. The molecule has 1 fully saturated rings. The molecule has 0 spiro atoms. The van der Waals surface area contributed by atoms with Gasteiger partial charge in [0.1, 0.15) is 5.70 Å². The number of rotatable bonds is 4. The van der Waals surface area contributed by atoms with Crippen LogP contribution in [0.4, 0.5) is 0 Å². The minimum Gasteiger partial charge on any atom is -0.438 e. The van der Waals surface area contributed by atoms with E-state index in [0.29, 0.717) is 0 Å². The summed E-state index contributed by atoms with van der Waals surface area (Å²) in [6.45, 7) is 6.86. The van der Waals surface area contributed by atoms with Gasteiger partial charge in [-0.05, 0) is 19.1 Å². The molecule has 2 aliphatic heterocycles. The van der Waals surface area contributed by atoms with E-state index in [4.69, 9.17) is 9.47 Å². The SMILES string of the molecule is CO[C@H]1C(=O)N2C(C(=O)SC(C)(C)C)=C(C)C(OC(=O)c3ccccc3)S(=O)(=O)[C@H]12. The fourth-order valence-electron chi connectivity index (χ4n) is 3.37. The van der Waals surface area contributed by atoms with Crippen LogP contribution >= 0.6 is 11.8 Å². The second-order valence-electron chi connectivity index (χ2n) is 7.98. The summed E-state index contributed by atoms with van der Waals surface area (Å²) in [4.78, 5) is 39.0. The summed E-state index contributed by atoms with van der Waals surface area (Å²) in [7, 11) is -2.98. The second-order valence-corrected chi connectivity index (χ2v) is 11.9. The maximum Gasteiger partial charge on any atom is 0.339 e. The monoisotopic (exact) mass is 453 g/mol. The first-order chi connectivity index (χ1) is 13.9. The summed E-state index contributed by atoms with van der Waals surface area (Å²) in [5, 5.41) is -1.89. The Morgan fingerprint density at radius 2 is 1.73 bits per heavy atom. The van der Waals surface area contributed by atoms with Crippen LogP contribution in [-0.2, 0) is 28.9 Å². The molecule has 0 saturated carbocycles. The normalized spacial score (nSPS) is 25.4. The maximum atomic E-state index is 13.2. The van der Waals surface area contributed by atoms with Crippen molar-refractivity contribution in [3.8, 4) is 0 Å². The number of hydrogen-bond acceptors (Lipinski definition) is 8. The van der Waals surface area contributed by atoms with E-state index < -0.39 is 48.5 Å². The molecule has 1 amide bonds. The molecule has 0 radical (unpaired) electrons. The molecule has 2 heterocycles. The van der Waals surface area contributed by atoms with Gasteiger partial charge in [0.2, 0.25) is 20.4 Å². The van der Waals surface area contributed by atoms with Gasteiger partial charge in [-0.15, -0.1) is 0 Å². The Labute approximate surface area is 179 Å². The molecule has 1 aromatic rings. The number of fused-ring (bicyclic) bond motifs is 1. The van der Waals surface area contributed by atoms with Gasteiger partial charge in [0, 0.05) is 17.4 Å². The van der Waals surface area contributed by atoms with Gasteiger partial charge in [0.05, 0.1) is 5.56 Å². The number of benzene rings is 1. The molecule has 0 N–H and O–H groups in total. The molecule has 3 rings (SSSR count). The van der Waals surface area contributed by atoms with E-state index >= 15 is 0 Å². The van der Waals surface area contributed by atoms with Crippen LogP contribution in [0.3, 0.4) is 0 Å². The number of esters is 1. The Morgan fingerprint density at radius 3 is 2.27 bits per heavy atom. The molecule has 10 heteroatoms. The molecule has 1 unspecified atom stereocenters. The predicted octanol–water partition coefficient (Wildman–Crippen LogP) is 2.11. The lowest BCUT2D eigenvalue weighted by Gasteiger charge is -2.50. The third-order valence-corrected chi connectivity index (χ3v) is 7.84. The highest BCUT2D eigenvalue weighted by Gasteiger charge is 2.64. The first-order valence-electron chi connectivity index (χ1n) is 9.19. The van der Waals surface area contributed by atoms with Crippen LogP contribution in [0.1, 0.15) is 38.1 Å². The van der Waals surface area contributed by atoms with Crippen LogP contribution < -0.4 is 0 Å². The standard InChI is InChI=1S/C20H23NO7S2/c1-11-13(18(24)29-20(2,3)4)21-15(22)14(27-5)16(21)30(25,26)19(11)28-17(23)12-9-7-6-8-10-12/h6-10,14,16,19H,1-5H3/t14-,16+,19?/m0/s1. The van der Waals surface area contributed by atoms with Gasteiger partial charge in [-0.25, -0.2) is 13.2 Å². The summed E-state index contributed by atoms with van der Waals surface area (Å²) >= 11 is 0.968. The number of methoxy groups -OCH3 is 1. The van der Waals surface area contributed by atoms with Crippen molar-refractivity contribution >= 4 is 38.6 Å². The van der Waals surface area contributed by atoms with E-state index in [2.05, 4.69) is 0 Å². The van der Waals surface area contributed by atoms with E-state index in [1.54, 1.807) is 18.2 Å². The summed E-state index contributed by atoms with van der Waals surface area (Å²) in [6, 6.07) is 7.94. The first kappa shape index (κ1) is 22.5. The van der Waals surface area contributed by atoms with Crippen molar-refractivity contribution in [1.82, 2.24) is 4.90 Å². The fourth-order valence-corrected chi connectivity index (χ4v) is 6.43. The molecule has 1 saturated heterocycles. The molecule has 0 bridgehead atoms. The van der Waals surface area contributed by atoms with Crippen LogP contribution in [0.2, 0.25) is 0 Å². The highest BCUT2D eigenvalue weighted by molar-refractivity contribution is 8.15. The van der Waals surface area contributed by atoms with Crippen molar-refractivity contribution in [2.45, 2.75) is 49.4 Å².